The van der Waals surface area contributed by atoms with Gasteiger partial charge in [0.2, 0.25) is 0 Å². The molecule has 0 saturated carbocycles. The first kappa shape index (κ1) is 7.50. The molecule has 0 rings (SSSR count). The second-order valence-electron chi connectivity index (χ2n) is 0.635. The van der Waals surface area contributed by atoms with E-state index in [2.05, 4.69) is 0 Å². The quantitative estimate of drug-likeness (QED) is 0.272. The molecule has 2 nitrogen and oxygen atoms in total. The maximum absolute atomic E-state index is 9.50. The van der Waals surface area contributed by atoms with E-state index >= 15 is 0 Å². The average molecular weight is 129 g/mol. The van der Waals surface area contributed by atoms with Crippen LogP contribution >= 0.6 is 11.6 Å². The molecule has 7 heavy (non-hydrogen) atoms. The van der Waals surface area contributed by atoms with Crippen molar-refractivity contribution >= 4 is 17.6 Å². The Kier molecular flexibility index (Phi) is 4.99. The molecule has 34 valence electrons. The molecular formula is C3H2ClNaO2. The van der Waals surface area contributed by atoms with Gasteiger partial charge in [0, 0.05) is 0 Å². The summed E-state index contributed by atoms with van der Waals surface area (Å²) >= 11 is 4.81. The minimum absolute atomic E-state index is 0. The van der Waals surface area contributed by atoms with Gasteiger partial charge >= 0.3 is 29.6 Å². The number of hydrogen-bond donors (Lipinski definition) is 0. The van der Waals surface area contributed by atoms with Crippen LogP contribution in [0.25, 0.3) is 0 Å². The Bertz CT molecular complexity index is 114. The topological polar surface area (TPSA) is 40.1 Å². The summed E-state index contributed by atoms with van der Waals surface area (Å²) in [6.07, 6.45) is 0. The van der Waals surface area contributed by atoms with Crippen molar-refractivity contribution in [2.75, 3.05) is 0 Å². The summed E-state index contributed by atoms with van der Waals surface area (Å²) in [7, 11) is 0. The first-order valence-corrected chi connectivity index (χ1v) is 1.51. The van der Waals surface area contributed by atoms with E-state index in [9.17, 15) is 9.90 Å². The largest absolute Gasteiger partial charge is 1.00 e. The van der Waals surface area contributed by atoms with E-state index in [0.717, 1.165) is 0 Å². The number of hydrogen-bond acceptors (Lipinski definition) is 2. The zero-order chi connectivity index (χ0) is 5.86. The number of halogens is 1. The molecule has 0 aliphatic heterocycles. The Balaban J connectivity index is 0. The predicted molar refractivity (Wildman–Crippen MR) is 20.0 cm³/mol. The van der Waals surface area contributed by atoms with Gasteiger partial charge in [-0.05, 0) is 0 Å². The maximum Gasteiger partial charge on any atom is 1.00 e. The van der Waals surface area contributed by atoms with Crippen molar-refractivity contribution in [3.05, 3.63) is 11.6 Å². The summed E-state index contributed by atoms with van der Waals surface area (Å²) in [5, 5.41) is 8.92. The molecule has 0 aromatic rings. The van der Waals surface area contributed by atoms with Crippen LogP contribution in [0.2, 0.25) is 0 Å². The molecule has 0 radical (unpaired) electrons. The molecule has 0 N–H and O–H groups in total. The van der Waals surface area contributed by atoms with Crippen molar-refractivity contribution in [1.82, 2.24) is 0 Å². The van der Waals surface area contributed by atoms with Gasteiger partial charge in [-0.2, -0.15) is 0 Å². The molecule has 0 aliphatic rings. The van der Waals surface area contributed by atoms with Crippen LogP contribution in [0.5, 0.6) is 0 Å². The fourth-order valence-corrected chi connectivity index (χ4v) is 0. The third-order valence-electron chi connectivity index (χ3n) is 0.195. The van der Waals surface area contributed by atoms with Crippen LogP contribution in [0.15, 0.2) is 11.6 Å². The minimum atomic E-state index is -1.52. The molecule has 0 spiro atoms. The molecule has 0 aliphatic carbocycles. The van der Waals surface area contributed by atoms with Crippen molar-refractivity contribution in [2.45, 2.75) is 0 Å². The molecule has 4 heteroatoms. The van der Waals surface area contributed by atoms with Crippen LogP contribution in [-0.4, -0.2) is 5.97 Å². The van der Waals surface area contributed by atoms with Crippen LogP contribution in [0.4, 0.5) is 0 Å². The molecule has 0 amide bonds. The first-order valence-electron chi connectivity index (χ1n) is 1.71. The third-order valence-corrected chi connectivity index (χ3v) is 0.349. The van der Waals surface area contributed by atoms with Gasteiger partial charge in [-0.25, -0.2) is 0 Å². The normalized spacial score (nSPS) is 11.6. The Morgan fingerprint density at radius 2 is 2.43 bits per heavy atom. The SMILES string of the molecule is [2H]/C=C(\Cl)C(=O)[O-].[Na+]. The van der Waals surface area contributed by atoms with Gasteiger partial charge < -0.3 is 9.90 Å². The first-order chi connectivity index (χ1) is 3.18. The summed E-state index contributed by atoms with van der Waals surface area (Å²) in [5.74, 6) is -1.52. The maximum atomic E-state index is 9.50. The molecule has 0 fully saturated rings. The van der Waals surface area contributed by atoms with E-state index in [0.29, 0.717) is 6.55 Å². The van der Waals surface area contributed by atoms with Gasteiger partial charge in [0.15, 0.2) is 0 Å². The molecular weight excluding hydrogens is 126 g/mol. The van der Waals surface area contributed by atoms with Gasteiger partial charge in [0.25, 0.3) is 0 Å². The van der Waals surface area contributed by atoms with Crippen molar-refractivity contribution in [2.24, 2.45) is 0 Å². The number of aliphatic carboxylic acids is 1. The van der Waals surface area contributed by atoms with E-state index in [4.69, 9.17) is 13.0 Å². The summed E-state index contributed by atoms with van der Waals surface area (Å²) in [4.78, 5) is 9.50. The summed E-state index contributed by atoms with van der Waals surface area (Å²) in [5.41, 5.74) is 0. The summed E-state index contributed by atoms with van der Waals surface area (Å²) in [6, 6.07) is 0. The summed E-state index contributed by atoms with van der Waals surface area (Å²) in [6.45, 7) is 0.511. The van der Waals surface area contributed by atoms with Crippen LogP contribution in [0.3, 0.4) is 0 Å². The number of carbonyl (C=O) groups is 1. The molecule has 0 unspecified atom stereocenters. The number of carboxylic acid groups (broad SMARTS) is 1. The zero-order valence-electron chi connectivity index (χ0n) is 4.77. The van der Waals surface area contributed by atoms with Crippen molar-refractivity contribution in [3.8, 4) is 0 Å². The average Bonchev–Trinajstić information content (AvgIpc) is 1.65. The molecule has 0 aromatic heterocycles. The minimum Gasteiger partial charge on any atom is -0.544 e. The predicted octanol–water partition coefficient (Wildman–Crippen LogP) is -3.51. The second kappa shape index (κ2) is 4.65. The second-order valence-corrected chi connectivity index (χ2v) is 1.04. The molecule has 0 heterocycles. The Hall–Kier alpha value is 0.500. The summed E-state index contributed by atoms with van der Waals surface area (Å²) < 4.78 is 6.22. The fraction of sp³-hybridized carbons (Fsp3) is 0. The molecule has 0 atom stereocenters. The van der Waals surface area contributed by atoms with Gasteiger partial charge in [0.1, 0.15) is 0 Å². The standard InChI is InChI=1S/C3H3ClO2.Na/c1-2(4)3(5)6;/h1H2,(H,5,6);/q;+1/p-1/i1D;/b2-1-;. The molecule has 0 bridgehead atoms. The number of carboxylic acids is 1. The van der Waals surface area contributed by atoms with Crippen LogP contribution in [0.1, 0.15) is 1.37 Å². The van der Waals surface area contributed by atoms with Crippen molar-refractivity contribution in [3.63, 3.8) is 0 Å². The van der Waals surface area contributed by atoms with Crippen LogP contribution in [0, 0.1) is 0 Å². The Labute approximate surface area is 69.9 Å². The smallest absolute Gasteiger partial charge is 0.544 e. The van der Waals surface area contributed by atoms with Crippen LogP contribution in [-0.2, 0) is 4.79 Å². The molecule has 0 saturated heterocycles. The Morgan fingerprint density at radius 3 is 2.43 bits per heavy atom. The van der Waals surface area contributed by atoms with Gasteiger partial charge in [0.05, 0.1) is 12.4 Å². The Morgan fingerprint density at radius 1 is 2.00 bits per heavy atom. The van der Waals surface area contributed by atoms with Gasteiger partial charge in [-0.1, -0.05) is 18.2 Å². The zero-order valence-corrected chi connectivity index (χ0v) is 6.53. The van der Waals surface area contributed by atoms with E-state index in [1.54, 1.807) is 0 Å². The number of rotatable bonds is 1. The van der Waals surface area contributed by atoms with Crippen molar-refractivity contribution in [1.29, 1.82) is 0 Å². The van der Waals surface area contributed by atoms with E-state index in [1.807, 2.05) is 0 Å². The monoisotopic (exact) mass is 129 g/mol. The van der Waals surface area contributed by atoms with Gasteiger partial charge in [-0.3, -0.25) is 0 Å². The van der Waals surface area contributed by atoms with Crippen LogP contribution < -0.4 is 34.7 Å². The van der Waals surface area contributed by atoms with Gasteiger partial charge in [-0.15, -0.1) is 0 Å². The molecule has 0 aromatic carbocycles. The fourth-order valence-electron chi connectivity index (χ4n) is 0. The van der Waals surface area contributed by atoms with E-state index in [1.165, 1.54) is 0 Å². The van der Waals surface area contributed by atoms with E-state index in [-0.39, 0.29) is 29.6 Å². The van der Waals surface area contributed by atoms with E-state index < -0.39 is 11.0 Å². The van der Waals surface area contributed by atoms with Crippen molar-refractivity contribution < 1.29 is 40.8 Å². The third kappa shape index (κ3) is 6.50. The number of carbonyl (C=O) groups excluding carboxylic acids is 1.